The van der Waals surface area contributed by atoms with Crippen LogP contribution in [-0.4, -0.2) is 61.2 Å². The summed E-state index contributed by atoms with van der Waals surface area (Å²) in [4.78, 5) is 27.4. The maximum absolute atomic E-state index is 13.7. The molecule has 0 rings (SSSR count). The summed E-state index contributed by atoms with van der Waals surface area (Å²) in [5.41, 5.74) is 0. The van der Waals surface area contributed by atoms with E-state index in [1.54, 1.807) is 0 Å². The molecule has 6 heteroatoms. The predicted molar refractivity (Wildman–Crippen MR) is 230 cm³/mol. The molecule has 0 heterocycles. The summed E-state index contributed by atoms with van der Waals surface area (Å²) < 4.78 is 13.1. The molecule has 0 aromatic heterocycles. The molecule has 0 atom stereocenters. The molecule has 0 saturated heterocycles. The Hall–Kier alpha value is -0.200. The number of unbranched alkanes of at least 4 members (excludes halogenated alkanes) is 24. The maximum atomic E-state index is 13.7. The standard InChI is InChI=1S/C44H92O4P2/c1-9-17-19-21-23-25-27-29-31-33-35-37-39-41-49(11-3,12-4,13-5)47-43(45)44(46)48-50(14-6,15-7,16-8)42-40-38-36-34-32-30-28-26-24-22-20-18-10-2/h9-42H2,1-8H3. The van der Waals surface area contributed by atoms with Crippen molar-refractivity contribution in [1.82, 2.24) is 0 Å². The number of hydrogen-bond donors (Lipinski definition) is 0. The average Bonchev–Trinajstić information content (AvgIpc) is 3.14. The van der Waals surface area contributed by atoms with Crippen LogP contribution in [0, 0.1) is 0 Å². The molecule has 0 saturated carbocycles. The summed E-state index contributed by atoms with van der Waals surface area (Å²) in [7, 11) is 0. The van der Waals surface area contributed by atoms with Gasteiger partial charge in [0, 0.05) is 0 Å². The van der Waals surface area contributed by atoms with Crippen LogP contribution in [0.2, 0.25) is 0 Å². The fraction of sp³-hybridized carbons (Fsp3) is 0.955. The Balaban J connectivity index is 4.87. The molecule has 0 spiro atoms. The molecule has 0 aliphatic carbocycles. The van der Waals surface area contributed by atoms with Gasteiger partial charge in [-0.15, -0.1) is 0 Å². The van der Waals surface area contributed by atoms with Crippen molar-refractivity contribution in [1.29, 1.82) is 0 Å². The molecule has 0 fully saturated rings. The monoisotopic (exact) mass is 747 g/mol. The Kier molecular flexibility index (Phi) is 29.1. The van der Waals surface area contributed by atoms with E-state index in [9.17, 15) is 9.59 Å². The second kappa shape index (κ2) is 29.2. The van der Waals surface area contributed by atoms with Crippen molar-refractivity contribution in [2.24, 2.45) is 0 Å². The first-order valence-corrected chi connectivity index (χ1v) is 28.4. The van der Waals surface area contributed by atoms with Crippen molar-refractivity contribution in [2.75, 3.05) is 49.3 Å². The molecule has 0 aromatic rings. The minimum atomic E-state index is -2.82. The van der Waals surface area contributed by atoms with Crippen molar-refractivity contribution in [3.05, 3.63) is 0 Å². The van der Waals surface area contributed by atoms with Crippen molar-refractivity contribution in [3.8, 4) is 0 Å². The number of hydrogen-bond acceptors (Lipinski definition) is 4. The Morgan fingerprint density at radius 1 is 0.300 bits per heavy atom. The molecule has 0 radical (unpaired) electrons. The summed E-state index contributed by atoms with van der Waals surface area (Å²) in [6.07, 6.45) is 41.5. The third-order valence-electron chi connectivity index (χ3n) is 13.3. The zero-order valence-corrected chi connectivity index (χ0v) is 37.4. The number of carbonyl (C=O) groups is 2. The van der Waals surface area contributed by atoms with Gasteiger partial charge in [-0.3, -0.25) is 0 Å². The minimum Gasteiger partial charge on any atom is -0.0654 e. The summed E-state index contributed by atoms with van der Waals surface area (Å²) in [5, 5.41) is 0. The summed E-state index contributed by atoms with van der Waals surface area (Å²) in [6.45, 7) is 12.0. The van der Waals surface area contributed by atoms with Gasteiger partial charge in [0.15, 0.2) is 0 Å². The van der Waals surface area contributed by atoms with Gasteiger partial charge in [0.2, 0.25) is 0 Å². The van der Waals surface area contributed by atoms with Crippen LogP contribution in [0.15, 0.2) is 0 Å². The topological polar surface area (TPSA) is 52.6 Å². The summed E-state index contributed by atoms with van der Waals surface area (Å²) >= 11 is 0. The molecular weight excluding hydrogens is 654 g/mol. The van der Waals surface area contributed by atoms with Gasteiger partial charge in [0.1, 0.15) is 0 Å². The van der Waals surface area contributed by atoms with Gasteiger partial charge in [-0.1, -0.05) is 39.5 Å². The zero-order valence-electron chi connectivity index (χ0n) is 35.6. The van der Waals surface area contributed by atoms with Gasteiger partial charge >= 0.3 is 276 Å². The van der Waals surface area contributed by atoms with Gasteiger partial charge in [-0.2, -0.15) is 0 Å². The molecule has 50 heavy (non-hydrogen) atoms. The first kappa shape index (κ1) is 49.8. The molecule has 0 bridgehead atoms. The van der Waals surface area contributed by atoms with E-state index in [2.05, 4.69) is 55.4 Å². The minimum absolute atomic E-state index is 0.697. The van der Waals surface area contributed by atoms with E-state index in [4.69, 9.17) is 9.05 Å². The van der Waals surface area contributed by atoms with E-state index < -0.39 is 25.6 Å². The predicted octanol–water partition coefficient (Wildman–Crippen LogP) is 15.3. The quantitative estimate of drug-likeness (QED) is 0.0364. The van der Waals surface area contributed by atoms with E-state index in [-0.39, 0.29) is 0 Å². The van der Waals surface area contributed by atoms with Crippen molar-refractivity contribution in [2.45, 2.75) is 222 Å². The van der Waals surface area contributed by atoms with Crippen LogP contribution < -0.4 is 0 Å². The molecule has 0 unspecified atom stereocenters. The first-order chi connectivity index (χ1) is 24.1. The Bertz CT molecular complexity index is 746. The van der Waals surface area contributed by atoms with Gasteiger partial charge in [-0.05, 0) is 0 Å². The van der Waals surface area contributed by atoms with Crippen molar-refractivity contribution >= 4 is 25.6 Å². The third kappa shape index (κ3) is 19.2. The molecule has 0 aliphatic rings. The van der Waals surface area contributed by atoms with Gasteiger partial charge in [0.05, 0.1) is 0 Å². The number of carbonyl (C=O) groups excluding carboxylic acids is 2. The molecule has 302 valence electrons. The smallest absolute Gasteiger partial charge is 0.0654 e. The van der Waals surface area contributed by atoms with E-state index in [1.807, 2.05) is 0 Å². The summed E-state index contributed by atoms with van der Waals surface area (Å²) in [6, 6.07) is 0. The Labute approximate surface area is 314 Å². The van der Waals surface area contributed by atoms with Crippen LogP contribution in [-0.2, 0) is 18.6 Å². The summed E-state index contributed by atoms with van der Waals surface area (Å²) in [5.74, 6) is -1.39. The fourth-order valence-corrected chi connectivity index (χ4v) is 17.0. The van der Waals surface area contributed by atoms with Crippen molar-refractivity contribution < 1.29 is 18.6 Å². The van der Waals surface area contributed by atoms with Crippen LogP contribution in [0.25, 0.3) is 0 Å². The second-order valence-electron chi connectivity index (χ2n) is 16.3. The number of rotatable bonds is 36. The van der Waals surface area contributed by atoms with E-state index >= 15 is 0 Å². The van der Waals surface area contributed by atoms with E-state index in [0.29, 0.717) is 0 Å². The molecule has 0 aromatic carbocycles. The fourth-order valence-electron chi connectivity index (χ4n) is 8.37. The van der Waals surface area contributed by atoms with Crippen molar-refractivity contribution in [3.63, 3.8) is 0 Å². The van der Waals surface area contributed by atoms with Crippen LogP contribution in [0.5, 0.6) is 0 Å². The molecule has 0 N–H and O–H groups in total. The van der Waals surface area contributed by atoms with Crippen LogP contribution in [0.1, 0.15) is 222 Å². The van der Waals surface area contributed by atoms with Gasteiger partial charge in [-0.25, -0.2) is 0 Å². The first-order valence-electron chi connectivity index (χ1n) is 22.6. The van der Waals surface area contributed by atoms with E-state index in [0.717, 1.165) is 62.1 Å². The van der Waals surface area contributed by atoms with Crippen LogP contribution in [0.3, 0.4) is 0 Å². The normalized spacial score (nSPS) is 13.8. The third-order valence-corrected chi connectivity index (χ3v) is 27.2. The Morgan fingerprint density at radius 2 is 0.480 bits per heavy atom. The molecule has 0 amide bonds. The van der Waals surface area contributed by atoms with Gasteiger partial charge < -0.3 is 0 Å². The van der Waals surface area contributed by atoms with E-state index in [1.165, 1.54) is 154 Å². The van der Waals surface area contributed by atoms with Gasteiger partial charge in [0.25, 0.3) is 0 Å². The molecule has 0 aliphatic heterocycles. The Morgan fingerprint density at radius 3 is 0.660 bits per heavy atom. The zero-order chi connectivity index (χ0) is 37.5. The SMILES string of the molecule is CCCCCCCCCCCCCCCP(CC)(CC)(CC)OC(=O)C(=O)OP(CC)(CC)(CC)CCCCCCCCCCCCCCC. The second-order valence-corrected chi connectivity index (χ2v) is 28.8. The van der Waals surface area contributed by atoms with Crippen LogP contribution >= 0.6 is 13.7 Å². The average molecular weight is 747 g/mol. The van der Waals surface area contributed by atoms with Crippen LogP contribution in [0.4, 0.5) is 0 Å². The molecular formula is C44H92O4P2. The molecule has 4 nitrogen and oxygen atoms in total.